The molecular formula is C14H13BrN2O4. The van der Waals surface area contributed by atoms with Crippen LogP contribution >= 0.6 is 15.9 Å². The number of nitrogens with one attached hydrogen (secondary N) is 2. The van der Waals surface area contributed by atoms with Gasteiger partial charge in [-0.05, 0) is 18.2 Å². The molecule has 2 fully saturated rings. The molecule has 0 radical (unpaired) electrons. The van der Waals surface area contributed by atoms with Gasteiger partial charge in [0.15, 0.2) is 5.54 Å². The Hall–Kier alpha value is -1.60. The Kier molecular flexibility index (Phi) is 2.77. The van der Waals surface area contributed by atoms with Gasteiger partial charge in [-0.1, -0.05) is 15.9 Å². The summed E-state index contributed by atoms with van der Waals surface area (Å²) in [6, 6.07) is 5.04. The van der Waals surface area contributed by atoms with Crippen molar-refractivity contribution in [3.63, 3.8) is 0 Å². The third-order valence-electron chi connectivity index (χ3n) is 4.39. The van der Waals surface area contributed by atoms with E-state index in [1.165, 1.54) is 0 Å². The van der Waals surface area contributed by atoms with Crippen molar-refractivity contribution in [3.05, 3.63) is 28.2 Å². The van der Waals surface area contributed by atoms with E-state index in [1.54, 1.807) is 0 Å². The largest absolute Gasteiger partial charge is 0.489 e. The highest BCUT2D eigenvalue weighted by Gasteiger charge is 2.60. The number of halogens is 1. The van der Waals surface area contributed by atoms with Gasteiger partial charge in [0.25, 0.3) is 5.91 Å². The number of urea groups is 1. The van der Waals surface area contributed by atoms with Crippen molar-refractivity contribution in [2.75, 3.05) is 13.2 Å². The molecule has 0 bridgehead atoms. The minimum atomic E-state index is -1.11. The second-order valence-corrected chi connectivity index (χ2v) is 6.40. The van der Waals surface area contributed by atoms with Crippen LogP contribution < -0.4 is 15.4 Å². The minimum absolute atomic E-state index is 0.142. The van der Waals surface area contributed by atoms with Crippen molar-refractivity contribution >= 4 is 27.9 Å². The van der Waals surface area contributed by atoms with Crippen molar-refractivity contribution in [1.29, 1.82) is 0 Å². The molecule has 21 heavy (non-hydrogen) atoms. The molecule has 1 aromatic carbocycles. The lowest BCUT2D eigenvalue weighted by Gasteiger charge is -2.46. The third kappa shape index (κ3) is 1.74. The molecule has 1 aromatic rings. The van der Waals surface area contributed by atoms with E-state index >= 15 is 0 Å². The van der Waals surface area contributed by atoms with E-state index in [0.717, 1.165) is 4.47 Å². The Bertz CT molecular complexity index is 650. The average Bonchev–Trinajstić information content (AvgIpc) is 2.76. The van der Waals surface area contributed by atoms with Crippen LogP contribution in [0.3, 0.4) is 0 Å². The lowest BCUT2D eigenvalue weighted by atomic mass is 9.72. The normalized spacial score (nSPS) is 33.8. The van der Waals surface area contributed by atoms with Crippen molar-refractivity contribution in [2.24, 2.45) is 5.92 Å². The van der Waals surface area contributed by atoms with Crippen LogP contribution in [0.15, 0.2) is 22.7 Å². The van der Waals surface area contributed by atoms with Crippen LogP contribution in [0.5, 0.6) is 5.75 Å². The number of hydrogen-bond acceptors (Lipinski definition) is 4. The van der Waals surface area contributed by atoms with Gasteiger partial charge in [0, 0.05) is 16.5 Å². The summed E-state index contributed by atoms with van der Waals surface area (Å²) in [4.78, 5) is 24.3. The fourth-order valence-corrected chi connectivity index (χ4v) is 3.82. The summed E-state index contributed by atoms with van der Waals surface area (Å²) < 4.78 is 12.4. The zero-order chi connectivity index (χ0) is 14.6. The zero-order valence-electron chi connectivity index (χ0n) is 11.0. The Morgan fingerprint density at radius 2 is 2.19 bits per heavy atom. The number of hydrogen-bond donors (Lipinski definition) is 2. The van der Waals surface area contributed by atoms with Crippen molar-refractivity contribution in [3.8, 4) is 5.75 Å². The molecule has 2 saturated heterocycles. The predicted molar refractivity (Wildman–Crippen MR) is 75.8 cm³/mol. The monoisotopic (exact) mass is 352 g/mol. The molecule has 0 aliphatic carbocycles. The Balaban J connectivity index is 1.94. The summed E-state index contributed by atoms with van der Waals surface area (Å²) in [5.41, 5.74) is -0.438. The van der Waals surface area contributed by atoms with Gasteiger partial charge >= 0.3 is 6.03 Å². The van der Waals surface area contributed by atoms with Gasteiger partial charge in [0.2, 0.25) is 0 Å². The van der Waals surface area contributed by atoms with E-state index in [4.69, 9.17) is 9.47 Å². The lowest BCUT2D eigenvalue weighted by Crippen LogP contribution is -2.60. The molecule has 3 aliphatic heterocycles. The van der Waals surface area contributed by atoms with Gasteiger partial charge < -0.3 is 14.8 Å². The highest BCUT2D eigenvalue weighted by atomic mass is 79.9. The SMILES string of the molecule is O=C1NC(=O)[C@@]2(N1)c1cc(Br)ccc1O[C@@H]1CCOC[C@H]12. The van der Waals surface area contributed by atoms with Gasteiger partial charge in [0.05, 0.1) is 19.1 Å². The topological polar surface area (TPSA) is 76.7 Å². The van der Waals surface area contributed by atoms with Gasteiger partial charge in [-0.2, -0.15) is 0 Å². The molecule has 110 valence electrons. The molecule has 7 heteroatoms. The third-order valence-corrected chi connectivity index (χ3v) is 4.88. The molecule has 2 N–H and O–H groups in total. The molecule has 4 rings (SSSR count). The summed E-state index contributed by atoms with van der Waals surface area (Å²) in [7, 11) is 0. The van der Waals surface area contributed by atoms with E-state index in [2.05, 4.69) is 26.6 Å². The maximum atomic E-state index is 12.6. The van der Waals surface area contributed by atoms with Crippen LogP contribution in [0.4, 0.5) is 4.79 Å². The maximum absolute atomic E-state index is 12.6. The second-order valence-electron chi connectivity index (χ2n) is 5.48. The van der Waals surface area contributed by atoms with Crippen molar-refractivity contribution in [1.82, 2.24) is 10.6 Å². The number of benzene rings is 1. The van der Waals surface area contributed by atoms with E-state index in [-0.39, 0.29) is 17.9 Å². The van der Waals surface area contributed by atoms with Crippen LogP contribution in [0.25, 0.3) is 0 Å². The molecule has 0 aromatic heterocycles. The molecule has 3 aliphatic rings. The van der Waals surface area contributed by atoms with Crippen molar-refractivity contribution in [2.45, 2.75) is 18.1 Å². The Labute approximate surface area is 129 Å². The predicted octanol–water partition coefficient (Wildman–Crippen LogP) is 1.28. The van der Waals surface area contributed by atoms with E-state index in [9.17, 15) is 9.59 Å². The standard InChI is InChI=1S/C14H13BrN2O4/c15-7-1-2-10-8(5-7)14(12(18)16-13(19)17-14)9-6-20-4-3-11(9)21-10/h1-2,5,9,11H,3-4,6H2,(H2,16,17,18,19)/t9-,11-,14-/m1/s1. The van der Waals surface area contributed by atoms with Crippen LogP contribution in [0.1, 0.15) is 12.0 Å². The number of amides is 3. The highest BCUT2D eigenvalue weighted by Crippen LogP contribution is 2.47. The summed E-state index contributed by atoms with van der Waals surface area (Å²) >= 11 is 3.41. The first-order valence-corrected chi connectivity index (χ1v) is 7.58. The van der Waals surface area contributed by atoms with Gasteiger partial charge in [-0.25, -0.2) is 4.79 Å². The number of ether oxygens (including phenoxy) is 2. The summed E-state index contributed by atoms with van der Waals surface area (Å²) in [6.07, 6.45) is 0.557. The molecular weight excluding hydrogens is 340 g/mol. The van der Waals surface area contributed by atoms with Crippen molar-refractivity contribution < 1.29 is 19.1 Å². The van der Waals surface area contributed by atoms with Crippen LogP contribution in [0.2, 0.25) is 0 Å². The smallest absolute Gasteiger partial charge is 0.322 e. The highest BCUT2D eigenvalue weighted by molar-refractivity contribution is 9.10. The number of carbonyl (C=O) groups is 2. The molecule has 1 spiro atoms. The summed E-state index contributed by atoms with van der Waals surface area (Å²) in [5.74, 6) is 0.0637. The van der Waals surface area contributed by atoms with Gasteiger partial charge in [0.1, 0.15) is 11.9 Å². The molecule has 0 unspecified atom stereocenters. The minimum Gasteiger partial charge on any atom is -0.489 e. The summed E-state index contributed by atoms with van der Waals surface area (Å²) in [6.45, 7) is 0.975. The number of rotatable bonds is 0. The molecule has 3 heterocycles. The first-order chi connectivity index (χ1) is 10.1. The van der Waals surface area contributed by atoms with E-state index in [0.29, 0.717) is 30.9 Å². The Morgan fingerprint density at radius 3 is 2.95 bits per heavy atom. The number of imide groups is 1. The lowest BCUT2D eigenvalue weighted by molar-refractivity contribution is -0.136. The van der Waals surface area contributed by atoms with Gasteiger partial charge in [-0.15, -0.1) is 0 Å². The number of carbonyl (C=O) groups excluding carboxylic acids is 2. The zero-order valence-corrected chi connectivity index (χ0v) is 12.6. The first kappa shape index (κ1) is 13.1. The fourth-order valence-electron chi connectivity index (χ4n) is 3.46. The maximum Gasteiger partial charge on any atom is 0.322 e. The first-order valence-electron chi connectivity index (χ1n) is 6.79. The second kappa shape index (κ2) is 4.45. The van der Waals surface area contributed by atoms with Crippen LogP contribution in [-0.2, 0) is 15.1 Å². The van der Waals surface area contributed by atoms with Crippen LogP contribution in [0, 0.1) is 5.92 Å². The number of fused-ring (bicyclic) bond motifs is 4. The van der Waals surface area contributed by atoms with Gasteiger partial charge in [-0.3, -0.25) is 10.1 Å². The fraction of sp³-hybridized carbons (Fsp3) is 0.429. The molecule has 3 amide bonds. The molecule has 6 nitrogen and oxygen atoms in total. The van der Waals surface area contributed by atoms with E-state index in [1.807, 2.05) is 18.2 Å². The summed E-state index contributed by atoms with van der Waals surface area (Å²) in [5, 5.41) is 5.18. The van der Waals surface area contributed by atoms with E-state index < -0.39 is 11.6 Å². The molecule has 3 atom stereocenters. The average molecular weight is 353 g/mol. The van der Waals surface area contributed by atoms with Crippen LogP contribution in [-0.4, -0.2) is 31.3 Å². The molecule has 0 saturated carbocycles. The Morgan fingerprint density at radius 1 is 1.33 bits per heavy atom. The quantitative estimate of drug-likeness (QED) is 0.689.